The number of halogens is 1. The molecule has 3 nitrogen and oxygen atoms in total. The largest absolute Gasteiger partial charge is 0.490 e. The van der Waals surface area contributed by atoms with E-state index in [4.69, 9.17) is 15.2 Å². The van der Waals surface area contributed by atoms with E-state index in [2.05, 4.69) is 27.8 Å². The minimum absolute atomic E-state index is 0.110. The van der Waals surface area contributed by atoms with Gasteiger partial charge in [0.1, 0.15) is 6.61 Å². The minimum atomic E-state index is 0.110. The standard InChI is InChI=1S/C15H20BrNO2/c1-4-6-7-19-15-13(16)9-12(8-11(3)17)10-14(15)18-5-2/h9-11H,5,7-8,17H2,1-3H3. The first kappa shape index (κ1) is 15.9. The lowest BCUT2D eigenvalue weighted by Gasteiger charge is -2.15. The van der Waals surface area contributed by atoms with Crippen molar-refractivity contribution >= 4 is 15.9 Å². The lowest BCUT2D eigenvalue weighted by molar-refractivity contribution is 0.297. The van der Waals surface area contributed by atoms with Crippen molar-refractivity contribution in [2.45, 2.75) is 33.2 Å². The van der Waals surface area contributed by atoms with Crippen LogP contribution in [0.1, 0.15) is 26.3 Å². The zero-order valence-electron chi connectivity index (χ0n) is 11.6. The molecular weight excluding hydrogens is 306 g/mol. The lowest BCUT2D eigenvalue weighted by atomic mass is 10.1. The molecule has 0 heterocycles. The van der Waals surface area contributed by atoms with Gasteiger partial charge in [0, 0.05) is 6.04 Å². The predicted octanol–water partition coefficient (Wildman–Crippen LogP) is 3.14. The van der Waals surface area contributed by atoms with Crippen LogP contribution in [0, 0.1) is 11.8 Å². The maximum atomic E-state index is 5.83. The Balaban J connectivity index is 3.02. The Labute approximate surface area is 123 Å². The summed E-state index contributed by atoms with van der Waals surface area (Å²) in [6.07, 6.45) is 0.799. The van der Waals surface area contributed by atoms with Gasteiger partial charge in [-0.2, -0.15) is 0 Å². The Morgan fingerprint density at radius 3 is 2.68 bits per heavy atom. The van der Waals surface area contributed by atoms with Crippen LogP contribution in [0.15, 0.2) is 16.6 Å². The molecule has 0 aromatic heterocycles. The van der Waals surface area contributed by atoms with E-state index in [1.165, 1.54) is 0 Å². The van der Waals surface area contributed by atoms with Crippen molar-refractivity contribution < 1.29 is 9.47 Å². The zero-order chi connectivity index (χ0) is 14.3. The summed E-state index contributed by atoms with van der Waals surface area (Å²) >= 11 is 3.52. The van der Waals surface area contributed by atoms with Gasteiger partial charge in [0.25, 0.3) is 0 Å². The molecule has 1 aromatic carbocycles. The van der Waals surface area contributed by atoms with Crippen LogP contribution >= 0.6 is 15.9 Å². The van der Waals surface area contributed by atoms with Crippen LogP contribution in [0.4, 0.5) is 0 Å². The molecule has 1 rings (SSSR count). The predicted molar refractivity (Wildman–Crippen MR) is 81.6 cm³/mol. The number of nitrogens with two attached hydrogens (primary N) is 1. The van der Waals surface area contributed by atoms with Gasteiger partial charge >= 0.3 is 0 Å². The van der Waals surface area contributed by atoms with Gasteiger partial charge in [-0.15, -0.1) is 5.92 Å². The average Bonchev–Trinajstić information content (AvgIpc) is 2.32. The fraction of sp³-hybridized carbons (Fsp3) is 0.467. The minimum Gasteiger partial charge on any atom is -0.490 e. The maximum absolute atomic E-state index is 5.83. The van der Waals surface area contributed by atoms with Gasteiger partial charge in [-0.25, -0.2) is 0 Å². The van der Waals surface area contributed by atoms with Gasteiger partial charge in [-0.3, -0.25) is 0 Å². The molecule has 0 aliphatic rings. The van der Waals surface area contributed by atoms with E-state index >= 15 is 0 Å². The van der Waals surface area contributed by atoms with E-state index in [-0.39, 0.29) is 6.04 Å². The topological polar surface area (TPSA) is 44.5 Å². The van der Waals surface area contributed by atoms with Crippen LogP contribution in [0.25, 0.3) is 0 Å². The zero-order valence-corrected chi connectivity index (χ0v) is 13.2. The molecule has 0 amide bonds. The van der Waals surface area contributed by atoms with Crippen LogP contribution in [0.3, 0.4) is 0 Å². The van der Waals surface area contributed by atoms with Crippen molar-refractivity contribution in [1.29, 1.82) is 0 Å². The summed E-state index contributed by atoms with van der Waals surface area (Å²) in [5, 5.41) is 0. The fourth-order valence-electron chi connectivity index (χ4n) is 1.69. The van der Waals surface area contributed by atoms with Crippen molar-refractivity contribution in [2.75, 3.05) is 13.2 Å². The number of benzene rings is 1. The Morgan fingerprint density at radius 1 is 1.37 bits per heavy atom. The molecule has 1 unspecified atom stereocenters. The van der Waals surface area contributed by atoms with Gasteiger partial charge in [0.05, 0.1) is 11.1 Å². The molecule has 1 aromatic rings. The molecule has 104 valence electrons. The maximum Gasteiger partial charge on any atom is 0.176 e. The highest BCUT2D eigenvalue weighted by molar-refractivity contribution is 9.10. The molecule has 1 atom stereocenters. The van der Waals surface area contributed by atoms with Gasteiger partial charge in [0.15, 0.2) is 11.5 Å². The van der Waals surface area contributed by atoms with E-state index in [1.807, 2.05) is 26.0 Å². The third kappa shape index (κ3) is 5.14. The van der Waals surface area contributed by atoms with Gasteiger partial charge < -0.3 is 15.2 Å². The van der Waals surface area contributed by atoms with Crippen LogP contribution in [0.5, 0.6) is 11.5 Å². The molecule has 0 saturated heterocycles. The summed E-state index contributed by atoms with van der Waals surface area (Å²) in [5.74, 6) is 7.09. The molecule has 0 saturated carbocycles. The summed E-state index contributed by atoms with van der Waals surface area (Å²) in [7, 11) is 0. The normalized spacial score (nSPS) is 11.4. The van der Waals surface area contributed by atoms with E-state index in [0.29, 0.717) is 19.0 Å². The number of hydrogen-bond donors (Lipinski definition) is 1. The molecule has 0 aliphatic carbocycles. The Hall–Kier alpha value is -1.18. The molecule has 0 radical (unpaired) electrons. The van der Waals surface area contributed by atoms with E-state index in [1.54, 1.807) is 6.92 Å². The lowest BCUT2D eigenvalue weighted by Crippen LogP contribution is -2.17. The van der Waals surface area contributed by atoms with E-state index in [9.17, 15) is 0 Å². The summed E-state index contributed by atoms with van der Waals surface area (Å²) in [4.78, 5) is 0. The second kappa shape index (κ2) is 8.08. The second-order valence-corrected chi connectivity index (χ2v) is 5.09. The summed E-state index contributed by atoms with van der Waals surface area (Å²) in [5.41, 5.74) is 6.95. The smallest absolute Gasteiger partial charge is 0.176 e. The van der Waals surface area contributed by atoms with E-state index < -0.39 is 0 Å². The molecule has 19 heavy (non-hydrogen) atoms. The van der Waals surface area contributed by atoms with Crippen LogP contribution in [-0.4, -0.2) is 19.3 Å². The molecule has 0 spiro atoms. The number of rotatable bonds is 6. The summed E-state index contributed by atoms with van der Waals surface area (Å²) in [6.45, 7) is 6.65. The Kier molecular flexibility index (Phi) is 6.75. The van der Waals surface area contributed by atoms with Gasteiger partial charge in [-0.05, 0) is 60.8 Å². The molecule has 2 N–H and O–H groups in total. The Morgan fingerprint density at radius 2 is 2.11 bits per heavy atom. The molecule has 0 fully saturated rings. The molecule has 0 aliphatic heterocycles. The monoisotopic (exact) mass is 325 g/mol. The quantitative estimate of drug-likeness (QED) is 0.817. The fourth-order valence-corrected chi connectivity index (χ4v) is 2.30. The van der Waals surface area contributed by atoms with Crippen LogP contribution in [0.2, 0.25) is 0 Å². The SMILES string of the molecule is CC#CCOc1c(Br)cc(CC(C)N)cc1OCC. The van der Waals surface area contributed by atoms with Crippen molar-refractivity contribution in [3.63, 3.8) is 0 Å². The van der Waals surface area contributed by atoms with Gasteiger partial charge in [0.2, 0.25) is 0 Å². The summed E-state index contributed by atoms with van der Waals surface area (Å²) in [6, 6.07) is 4.10. The highest BCUT2D eigenvalue weighted by Crippen LogP contribution is 2.37. The highest BCUT2D eigenvalue weighted by atomic mass is 79.9. The van der Waals surface area contributed by atoms with Crippen molar-refractivity contribution in [2.24, 2.45) is 5.73 Å². The van der Waals surface area contributed by atoms with Crippen molar-refractivity contribution in [1.82, 2.24) is 0 Å². The number of ether oxygens (including phenoxy) is 2. The molecule has 4 heteroatoms. The first-order valence-electron chi connectivity index (χ1n) is 6.31. The van der Waals surface area contributed by atoms with Crippen molar-refractivity contribution in [3.8, 4) is 23.3 Å². The highest BCUT2D eigenvalue weighted by Gasteiger charge is 2.12. The van der Waals surface area contributed by atoms with Crippen molar-refractivity contribution in [3.05, 3.63) is 22.2 Å². The third-order valence-corrected chi connectivity index (χ3v) is 2.98. The first-order chi connectivity index (χ1) is 9.08. The van der Waals surface area contributed by atoms with E-state index in [0.717, 1.165) is 22.2 Å². The van der Waals surface area contributed by atoms with Gasteiger partial charge in [-0.1, -0.05) is 5.92 Å². The average molecular weight is 326 g/mol. The molecule has 0 bridgehead atoms. The number of hydrogen-bond acceptors (Lipinski definition) is 3. The Bertz CT molecular complexity index is 475. The third-order valence-electron chi connectivity index (χ3n) is 2.39. The van der Waals surface area contributed by atoms with Crippen LogP contribution < -0.4 is 15.2 Å². The second-order valence-electron chi connectivity index (χ2n) is 4.23. The summed E-state index contributed by atoms with van der Waals surface area (Å²) < 4.78 is 12.1. The molecular formula is C15H20BrNO2. The first-order valence-corrected chi connectivity index (χ1v) is 7.11. The van der Waals surface area contributed by atoms with Crippen LogP contribution in [-0.2, 0) is 6.42 Å².